The van der Waals surface area contributed by atoms with Crippen LogP contribution in [0.5, 0.6) is 17.2 Å². The van der Waals surface area contributed by atoms with E-state index in [1.807, 2.05) is 0 Å². The van der Waals surface area contributed by atoms with Gasteiger partial charge in [0, 0.05) is 6.07 Å². The van der Waals surface area contributed by atoms with Crippen molar-refractivity contribution in [2.24, 2.45) is 0 Å². The topological polar surface area (TPSA) is 99.9 Å². The largest absolute Gasteiger partial charge is 0.496 e. The Kier molecular flexibility index (Phi) is 5.50. The van der Waals surface area contributed by atoms with Gasteiger partial charge in [-0.25, -0.2) is 8.42 Å². The molecule has 2 radical (unpaired) electrons. The Morgan fingerprint density at radius 1 is 0.964 bits per heavy atom. The summed E-state index contributed by atoms with van der Waals surface area (Å²) in [5, 5.41) is 3.78. The molecular weight excluding hydrogens is 383 g/mol. The molecule has 0 saturated carbocycles. The second kappa shape index (κ2) is 7.85. The van der Waals surface area contributed by atoms with Gasteiger partial charge in [0.05, 0.1) is 26.9 Å². The number of ether oxygens (including phenoxy) is 3. The number of rotatable bonds is 7. The van der Waals surface area contributed by atoms with Crippen LogP contribution in [0.2, 0.25) is 0 Å². The van der Waals surface area contributed by atoms with Crippen molar-refractivity contribution in [1.29, 1.82) is 0 Å². The van der Waals surface area contributed by atoms with E-state index in [-0.39, 0.29) is 28.0 Å². The van der Waals surface area contributed by atoms with Gasteiger partial charge >= 0.3 is 0 Å². The number of methoxy groups -OCH3 is 3. The highest BCUT2D eigenvalue weighted by Gasteiger charge is 2.26. The average Bonchev–Trinajstić information content (AvgIpc) is 3.14. The number of hydrogen-bond acceptors (Lipinski definition) is 7. The minimum Gasteiger partial charge on any atom is -0.496 e. The van der Waals surface area contributed by atoms with Gasteiger partial charge < -0.3 is 18.7 Å². The maximum atomic E-state index is 12.9. The molecule has 0 aliphatic heterocycles. The van der Waals surface area contributed by atoms with Crippen LogP contribution in [0.15, 0.2) is 51.9 Å². The molecular formula is C18H17BN2O6S. The molecule has 3 aromatic rings. The molecule has 144 valence electrons. The molecule has 0 aliphatic rings. The summed E-state index contributed by atoms with van der Waals surface area (Å²) >= 11 is 0. The quantitative estimate of drug-likeness (QED) is 0.606. The summed E-state index contributed by atoms with van der Waals surface area (Å²) in [6, 6.07) is 11.1. The number of nitrogens with one attached hydrogen (secondary N) is 1. The Morgan fingerprint density at radius 3 is 2.21 bits per heavy atom. The van der Waals surface area contributed by atoms with E-state index in [2.05, 4.69) is 9.88 Å². The summed E-state index contributed by atoms with van der Waals surface area (Å²) in [4.78, 5) is -0.147. The normalized spacial score (nSPS) is 11.1. The molecule has 1 heterocycles. The summed E-state index contributed by atoms with van der Waals surface area (Å²) in [5.41, 5.74) is 1.03. The second-order valence-corrected chi connectivity index (χ2v) is 7.25. The minimum atomic E-state index is -4.07. The molecule has 3 rings (SSSR count). The fraction of sp³-hybridized carbons (Fsp3) is 0.167. The molecule has 28 heavy (non-hydrogen) atoms. The zero-order valence-electron chi connectivity index (χ0n) is 15.4. The first-order chi connectivity index (χ1) is 13.4. The molecule has 1 aromatic heterocycles. The summed E-state index contributed by atoms with van der Waals surface area (Å²) in [5.74, 6) is 1.04. The van der Waals surface area contributed by atoms with E-state index in [1.165, 1.54) is 39.5 Å². The van der Waals surface area contributed by atoms with Gasteiger partial charge in [-0.2, -0.15) is 0 Å². The number of sulfonamides is 1. The van der Waals surface area contributed by atoms with Gasteiger partial charge in [0.1, 0.15) is 25.1 Å². The summed E-state index contributed by atoms with van der Waals surface area (Å²) in [6.07, 6.45) is 0. The van der Waals surface area contributed by atoms with Crippen molar-refractivity contribution in [1.82, 2.24) is 5.16 Å². The van der Waals surface area contributed by atoms with Crippen molar-refractivity contribution < 1.29 is 27.2 Å². The number of aromatic nitrogens is 1. The van der Waals surface area contributed by atoms with Gasteiger partial charge in [0.2, 0.25) is 0 Å². The first kappa shape index (κ1) is 19.6. The van der Waals surface area contributed by atoms with Crippen LogP contribution >= 0.6 is 0 Å². The lowest BCUT2D eigenvalue weighted by molar-refractivity contribution is 0.373. The first-order valence-electron chi connectivity index (χ1n) is 8.04. The van der Waals surface area contributed by atoms with Crippen LogP contribution in [0.3, 0.4) is 0 Å². The van der Waals surface area contributed by atoms with Crippen molar-refractivity contribution in [3.8, 4) is 28.6 Å². The monoisotopic (exact) mass is 400 g/mol. The van der Waals surface area contributed by atoms with E-state index in [1.54, 1.807) is 24.3 Å². The third kappa shape index (κ3) is 3.77. The maximum Gasteiger partial charge on any atom is 0.270 e. The van der Waals surface area contributed by atoms with Crippen molar-refractivity contribution >= 4 is 29.2 Å². The predicted molar refractivity (Wildman–Crippen MR) is 104 cm³/mol. The van der Waals surface area contributed by atoms with E-state index in [4.69, 9.17) is 26.6 Å². The molecule has 0 spiro atoms. The Bertz CT molecular complexity index is 1070. The standard InChI is InChI=1S/C18H17BN2O6S/c1-24-13-8-7-11(19)9-12(13)16-10-17(20-27-16)21-28(22,23)18-14(25-2)5-4-6-15(18)26-3/h4-10H,1-3H3,(H,20,21). The minimum absolute atomic E-state index is 0.0209. The van der Waals surface area contributed by atoms with Crippen LogP contribution < -0.4 is 24.4 Å². The smallest absolute Gasteiger partial charge is 0.270 e. The highest BCUT2D eigenvalue weighted by Crippen LogP contribution is 2.35. The first-order valence-corrected chi connectivity index (χ1v) is 9.52. The van der Waals surface area contributed by atoms with Gasteiger partial charge in [-0.05, 0) is 18.2 Å². The van der Waals surface area contributed by atoms with Crippen LogP contribution in [-0.4, -0.2) is 42.8 Å². The van der Waals surface area contributed by atoms with Gasteiger partial charge in [-0.3, -0.25) is 4.72 Å². The SMILES string of the molecule is [B]c1ccc(OC)c(-c2cc(NS(=O)(=O)c3c(OC)cccc3OC)no2)c1. The molecule has 10 heteroatoms. The molecule has 8 nitrogen and oxygen atoms in total. The van der Waals surface area contributed by atoms with E-state index >= 15 is 0 Å². The molecule has 0 atom stereocenters. The van der Waals surface area contributed by atoms with Crippen LogP contribution in [0.1, 0.15) is 0 Å². The van der Waals surface area contributed by atoms with Crippen molar-refractivity contribution in [3.63, 3.8) is 0 Å². The number of nitrogens with zero attached hydrogens (tertiary/aromatic N) is 1. The van der Waals surface area contributed by atoms with Crippen LogP contribution in [0, 0.1) is 0 Å². The average molecular weight is 400 g/mol. The zero-order valence-corrected chi connectivity index (χ0v) is 16.2. The van der Waals surface area contributed by atoms with E-state index in [0.29, 0.717) is 16.8 Å². The molecule has 0 amide bonds. The lowest BCUT2D eigenvalue weighted by Gasteiger charge is -2.13. The Balaban J connectivity index is 1.98. The van der Waals surface area contributed by atoms with Gasteiger partial charge in [-0.15, -0.1) is 0 Å². The number of hydrogen-bond donors (Lipinski definition) is 1. The molecule has 0 aliphatic carbocycles. The highest BCUT2D eigenvalue weighted by molar-refractivity contribution is 7.93. The van der Waals surface area contributed by atoms with Crippen molar-refractivity contribution in [3.05, 3.63) is 42.5 Å². The molecule has 0 bridgehead atoms. The predicted octanol–water partition coefficient (Wildman–Crippen LogP) is 1.96. The summed E-state index contributed by atoms with van der Waals surface area (Å²) < 4.78 is 49.0. The molecule has 0 fully saturated rings. The van der Waals surface area contributed by atoms with Gasteiger partial charge in [0.25, 0.3) is 10.0 Å². The van der Waals surface area contributed by atoms with E-state index in [0.717, 1.165) is 0 Å². The third-order valence-corrected chi connectivity index (χ3v) is 5.31. The molecule has 0 unspecified atom stereocenters. The van der Waals surface area contributed by atoms with E-state index in [9.17, 15) is 8.42 Å². The lowest BCUT2D eigenvalue weighted by Crippen LogP contribution is -2.15. The molecule has 0 saturated heterocycles. The molecule has 2 aromatic carbocycles. The maximum absolute atomic E-state index is 12.9. The number of anilines is 1. The van der Waals surface area contributed by atoms with Crippen LogP contribution in [0.4, 0.5) is 5.82 Å². The fourth-order valence-electron chi connectivity index (χ4n) is 2.64. The van der Waals surface area contributed by atoms with Crippen LogP contribution in [0.25, 0.3) is 11.3 Å². The van der Waals surface area contributed by atoms with Crippen LogP contribution in [-0.2, 0) is 10.0 Å². The van der Waals surface area contributed by atoms with Gasteiger partial charge in [-0.1, -0.05) is 28.8 Å². The third-order valence-electron chi connectivity index (χ3n) is 3.89. The summed E-state index contributed by atoms with van der Waals surface area (Å²) in [7, 11) is 5.98. The molecule has 1 N–H and O–H groups in total. The zero-order chi connectivity index (χ0) is 20.3. The lowest BCUT2D eigenvalue weighted by atomic mass is 9.93. The Hall–Kier alpha value is -3.14. The van der Waals surface area contributed by atoms with E-state index < -0.39 is 10.0 Å². The van der Waals surface area contributed by atoms with Crippen molar-refractivity contribution in [2.75, 3.05) is 26.1 Å². The fourth-order valence-corrected chi connectivity index (χ4v) is 3.95. The summed E-state index contributed by atoms with van der Waals surface area (Å²) in [6.45, 7) is 0. The second-order valence-electron chi connectivity index (χ2n) is 5.63. The highest BCUT2D eigenvalue weighted by atomic mass is 32.2. The Labute approximate surface area is 163 Å². The van der Waals surface area contributed by atoms with Crippen molar-refractivity contribution in [2.45, 2.75) is 4.90 Å². The Morgan fingerprint density at radius 2 is 1.61 bits per heavy atom. The van der Waals surface area contributed by atoms with Gasteiger partial charge in [0.15, 0.2) is 16.5 Å². The number of benzene rings is 2.